The zero-order valence-electron chi connectivity index (χ0n) is 13.5. The molecule has 0 aliphatic heterocycles. The summed E-state index contributed by atoms with van der Waals surface area (Å²) in [6.45, 7) is 1.09. The fourth-order valence-corrected chi connectivity index (χ4v) is 2.38. The maximum absolute atomic E-state index is 13.9. The molecule has 0 N–H and O–H groups in total. The molecule has 0 saturated carbocycles. The molecule has 0 atom stereocenters. The van der Waals surface area contributed by atoms with E-state index >= 15 is 0 Å². The van der Waals surface area contributed by atoms with Crippen molar-refractivity contribution in [2.45, 2.75) is 13.1 Å². The summed E-state index contributed by atoms with van der Waals surface area (Å²) in [5, 5.41) is 8.77. The van der Waals surface area contributed by atoms with Crippen LogP contribution in [0.3, 0.4) is 0 Å². The lowest BCUT2D eigenvalue weighted by atomic mass is 10.1. The van der Waals surface area contributed by atoms with Gasteiger partial charge in [-0.1, -0.05) is 12.1 Å². The molecule has 0 amide bonds. The van der Waals surface area contributed by atoms with Gasteiger partial charge in [-0.25, -0.2) is 4.39 Å². The van der Waals surface area contributed by atoms with E-state index < -0.39 is 0 Å². The van der Waals surface area contributed by atoms with Crippen molar-refractivity contribution in [3.63, 3.8) is 0 Å². The average molecular weight is 314 g/mol. The van der Waals surface area contributed by atoms with E-state index in [1.54, 1.807) is 26.4 Å². The van der Waals surface area contributed by atoms with E-state index in [1.807, 2.05) is 36.2 Å². The molecule has 120 valence electrons. The zero-order chi connectivity index (χ0) is 16.8. The van der Waals surface area contributed by atoms with Crippen molar-refractivity contribution in [2.24, 2.45) is 0 Å². The molecule has 5 heteroatoms. The van der Waals surface area contributed by atoms with Crippen LogP contribution in [0.1, 0.15) is 16.7 Å². The largest absolute Gasteiger partial charge is 0.493 e. The van der Waals surface area contributed by atoms with Gasteiger partial charge in [0.1, 0.15) is 5.82 Å². The maximum Gasteiger partial charge on any atom is 0.161 e. The lowest BCUT2D eigenvalue weighted by molar-refractivity contribution is 0.311. The number of ether oxygens (including phenoxy) is 2. The third-order valence-corrected chi connectivity index (χ3v) is 3.52. The predicted octanol–water partition coefficient (Wildman–Crippen LogP) is 3.35. The fraction of sp³-hybridized carbons (Fsp3) is 0.278. The first-order chi connectivity index (χ1) is 11.1. The van der Waals surface area contributed by atoms with Gasteiger partial charge in [-0.15, -0.1) is 0 Å². The molecule has 0 bridgehead atoms. The first-order valence-corrected chi connectivity index (χ1v) is 7.15. The Hall–Kier alpha value is -2.58. The molecule has 4 nitrogen and oxygen atoms in total. The molecule has 0 radical (unpaired) electrons. The van der Waals surface area contributed by atoms with E-state index in [1.165, 1.54) is 6.07 Å². The fourth-order valence-electron chi connectivity index (χ4n) is 2.38. The van der Waals surface area contributed by atoms with Gasteiger partial charge in [0.25, 0.3) is 0 Å². The number of halogens is 1. The minimum Gasteiger partial charge on any atom is -0.493 e. The van der Waals surface area contributed by atoms with Crippen molar-refractivity contribution in [3.05, 3.63) is 58.9 Å². The summed E-state index contributed by atoms with van der Waals surface area (Å²) in [4.78, 5) is 1.99. The Bertz CT molecular complexity index is 725. The second-order valence-corrected chi connectivity index (χ2v) is 5.28. The van der Waals surface area contributed by atoms with Crippen LogP contribution in [0, 0.1) is 17.1 Å². The SMILES string of the molecule is COc1ccc(CN(C)Cc2ccc(C#N)cc2F)cc1OC. The first kappa shape index (κ1) is 16.8. The topological polar surface area (TPSA) is 45.5 Å². The van der Waals surface area contributed by atoms with Crippen LogP contribution >= 0.6 is 0 Å². The van der Waals surface area contributed by atoms with Gasteiger partial charge in [-0.3, -0.25) is 4.90 Å². The quantitative estimate of drug-likeness (QED) is 0.820. The highest BCUT2D eigenvalue weighted by atomic mass is 19.1. The van der Waals surface area contributed by atoms with Crippen LogP contribution in [0.15, 0.2) is 36.4 Å². The normalized spacial score (nSPS) is 10.4. The van der Waals surface area contributed by atoms with Gasteiger partial charge in [-0.2, -0.15) is 5.26 Å². The summed E-state index contributed by atoms with van der Waals surface area (Å²) >= 11 is 0. The Kier molecular flexibility index (Phi) is 5.56. The minimum absolute atomic E-state index is 0.328. The summed E-state index contributed by atoms with van der Waals surface area (Å²) in [5.74, 6) is 0.989. The summed E-state index contributed by atoms with van der Waals surface area (Å²) in [6.07, 6.45) is 0. The van der Waals surface area contributed by atoms with Crippen molar-refractivity contribution in [3.8, 4) is 17.6 Å². The standard InChI is InChI=1S/C18H19FN2O2/c1-21(12-15-6-4-13(10-20)8-16(15)19)11-14-5-7-17(22-2)18(9-14)23-3/h4-9H,11-12H2,1-3H3. The third kappa shape index (κ3) is 4.21. The van der Waals surface area contributed by atoms with E-state index in [0.29, 0.717) is 35.7 Å². The Balaban J connectivity index is 2.08. The average Bonchev–Trinajstić information content (AvgIpc) is 2.56. The van der Waals surface area contributed by atoms with E-state index in [0.717, 1.165) is 5.56 Å². The minimum atomic E-state index is -0.358. The molecule has 2 aromatic rings. The summed E-state index contributed by atoms with van der Waals surface area (Å²) in [6, 6.07) is 12.2. The Labute approximate surface area is 135 Å². The van der Waals surface area contributed by atoms with Crippen LogP contribution < -0.4 is 9.47 Å². The van der Waals surface area contributed by atoms with Gasteiger partial charge in [-0.05, 0) is 36.9 Å². The molecule has 0 heterocycles. The molecular weight excluding hydrogens is 295 g/mol. The van der Waals surface area contributed by atoms with Gasteiger partial charge < -0.3 is 9.47 Å². The summed E-state index contributed by atoms with van der Waals surface area (Å²) < 4.78 is 24.4. The molecule has 0 aliphatic carbocycles. The van der Waals surface area contributed by atoms with Crippen molar-refractivity contribution in [2.75, 3.05) is 21.3 Å². The van der Waals surface area contributed by atoms with Gasteiger partial charge in [0.05, 0.1) is 25.9 Å². The lowest BCUT2D eigenvalue weighted by Gasteiger charge is -2.18. The van der Waals surface area contributed by atoms with E-state index in [9.17, 15) is 4.39 Å². The summed E-state index contributed by atoms with van der Waals surface area (Å²) in [5.41, 5.74) is 1.93. The van der Waals surface area contributed by atoms with Crippen molar-refractivity contribution < 1.29 is 13.9 Å². The Morgan fingerprint density at radius 1 is 1.04 bits per heavy atom. The smallest absolute Gasteiger partial charge is 0.161 e. The molecular formula is C18H19FN2O2. The van der Waals surface area contributed by atoms with Crippen LogP contribution in [0.2, 0.25) is 0 Å². The second kappa shape index (κ2) is 7.61. The van der Waals surface area contributed by atoms with Gasteiger partial charge >= 0.3 is 0 Å². The summed E-state index contributed by atoms with van der Waals surface area (Å²) in [7, 11) is 5.10. The van der Waals surface area contributed by atoms with Crippen LogP contribution in [0.5, 0.6) is 11.5 Å². The Morgan fingerprint density at radius 2 is 1.78 bits per heavy atom. The van der Waals surface area contributed by atoms with Crippen LogP contribution in [0.4, 0.5) is 4.39 Å². The molecule has 0 spiro atoms. The number of nitrogens with zero attached hydrogens (tertiary/aromatic N) is 2. The highest BCUT2D eigenvalue weighted by Crippen LogP contribution is 2.28. The predicted molar refractivity (Wildman–Crippen MR) is 85.8 cm³/mol. The molecule has 23 heavy (non-hydrogen) atoms. The van der Waals surface area contributed by atoms with Gasteiger partial charge in [0.2, 0.25) is 0 Å². The van der Waals surface area contributed by atoms with Crippen molar-refractivity contribution in [1.29, 1.82) is 5.26 Å². The van der Waals surface area contributed by atoms with E-state index in [2.05, 4.69) is 0 Å². The van der Waals surface area contributed by atoms with E-state index in [4.69, 9.17) is 14.7 Å². The first-order valence-electron chi connectivity index (χ1n) is 7.15. The highest BCUT2D eigenvalue weighted by Gasteiger charge is 2.10. The van der Waals surface area contributed by atoms with Crippen LogP contribution in [-0.2, 0) is 13.1 Å². The number of rotatable bonds is 6. The van der Waals surface area contributed by atoms with Gasteiger partial charge in [0, 0.05) is 18.7 Å². The monoisotopic (exact) mass is 314 g/mol. The number of benzene rings is 2. The molecule has 0 aliphatic rings. The molecule has 0 fully saturated rings. The molecule has 0 unspecified atom stereocenters. The number of nitriles is 1. The van der Waals surface area contributed by atoms with Crippen molar-refractivity contribution in [1.82, 2.24) is 4.90 Å². The van der Waals surface area contributed by atoms with E-state index in [-0.39, 0.29) is 5.82 Å². The zero-order valence-corrected chi connectivity index (χ0v) is 13.5. The lowest BCUT2D eigenvalue weighted by Crippen LogP contribution is -2.18. The number of hydrogen-bond acceptors (Lipinski definition) is 4. The Morgan fingerprint density at radius 3 is 2.39 bits per heavy atom. The highest BCUT2D eigenvalue weighted by molar-refractivity contribution is 5.42. The molecule has 2 rings (SSSR count). The third-order valence-electron chi connectivity index (χ3n) is 3.52. The van der Waals surface area contributed by atoms with Crippen LogP contribution in [0.25, 0.3) is 0 Å². The molecule has 0 saturated heterocycles. The number of methoxy groups -OCH3 is 2. The van der Waals surface area contributed by atoms with Gasteiger partial charge in [0.15, 0.2) is 11.5 Å². The van der Waals surface area contributed by atoms with Crippen LogP contribution in [-0.4, -0.2) is 26.2 Å². The number of hydrogen-bond donors (Lipinski definition) is 0. The molecule has 2 aromatic carbocycles. The van der Waals surface area contributed by atoms with Crippen molar-refractivity contribution >= 4 is 0 Å². The second-order valence-electron chi connectivity index (χ2n) is 5.28. The molecule has 0 aromatic heterocycles. The maximum atomic E-state index is 13.9.